The van der Waals surface area contributed by atoms with Crippen LogP contribution in [0.5, 0.6) is 0 Å². The summed E-state index contributed by atoms with van der Waals surface area (Å²) >= 11 is 5.14. The highest BCUT2D eigenvalue weighted by atomic mass is 79.9. The molecule has 0 spiro atoms. The predicted octanol–water partition coefficient (Wildman–Crippen LogP) is 4.93. The van der Waals surface area contributed by atoms with E-state index in [1.807, 2.05) is 49.4 Å². The number of halogens is 1. The molecular formula is C20H21BrN2O2S. The first-order valence-corrected chi connectivity index (χ1v) is 10.4. The van der Waals surface area contributed by atoms with Gasteiger partial charge in [0.15, 0.2) is 0 Å². The van der Waals surface area contributed by atoms with Crippen LogP contribution in [-0.4, -0.2) is 28.5 Å². The summed E-state index contributed by atoms with van der Waals surface area (Å²) in [5.74, 6) is 0.862. The molecule has 2 amide bonds. The van der Waals surface area contributed by atoms with Crippen LogP contribution in [0.25, 0.3) is 0 Å². The van der Waals surface area contributed by atoms with Gasteiger partial charge in [-0.2, -0.15) is 0 Å². The van der Waals surface area contributed by atoms with Gasteiger partial charge in [-0.1, -0.05) is 35.0 Å². The maximum Gasteiger partial charge on any atom is 0.254 e. The SMILES string of the molecule is CCSc1ccccc1NC(=O)C[C@@H](C)N1Cc2cc(Br)ccc2C1=O. The van der Waals surface area contributed by atoms with Gasteiger partial charge in [0, 0.05) is 33.9 Å². The van der Waals surface area contributed by atoms with Gasteiger partial charge in [0.1, 0.15) is 0 Å². The van der Waals surface area contributed by atoms with E-state index in [4.69, 9.17) is 0 Å². The lowest BCUT2D eigenvalue weighted by Gasteiger charge is -2.24. The number of rotatable bonds is 6. The summed E-state index contributed by atoms with van der Waals surface area (Å²) in [6.45, 7) is 4.55. The average molecular weight is 433 g/mol. The molecule has 1 heterocycles. The zero-order valence-corrected chi connectivity index (χ0v) is 17.2. The lowest BCUT2D eigenvalue weighted by molar-refractivity contribution is -0.117. The van der Waals surface area contributed by atoms with Gasteiger partial charge in [0.2, 0.25) is 5.91 Å². The smallest absolute Gasteiger partial charge is 0.254 e. The van der Waals surface area contributed by atoms with Gasteiger partial charge in [-0.25, -0.2) is 0 Å². The van der Waals surface area contributed by atoms with Crippen molar-refractivity contribution in [3.05, 3.63) is 58.1 Å². The van der Waals surface area contributed by atoms with Crippen molar-refractivity contribution in [2.45, 2.75) is 37.8 Å². The number of nitrogens with zero attached hydrogens (tertiary/aromatic N) is 1. The molecule has 0 aromatic heterocycles. The molecule has 6 heteroatoms. The molecule has 136 valence electrons. The largest absolute Gasteiger partial charge is 0.331 e. The van der Waals surface area contributed by atoms with Crippen LogP contribution in [0, 0.1) is 0 Å². The topological polar surface area (TPSA) is 49.4 Å². The van der Waals surface area contributed by atoms with Gasteiger partial charge in [-0.15, -0.1) is 11.8 Å². The van der Waals surface area contributed by atoms with Crippen molar-refractivity contribution in [1.29, 1.82) is 0 Å². The van der Waals surface area contributed by atoms with Crippen molar-refractivity contribution in [2.75, 3.05) is 11.1 Å². The lowest BCUT2D eigenvalue weighted by Crippen LogP contribution is -2.36. The van der Waals surface area contributed by atoms with E-state index in [2.05, 4.69) is 28.2 Å². The Morgan fingerprint density at radius 1 is 1.31 bits per heavy atom. The number of hydrogen-bond donors (Lipinski definition) is 1. The summed E-state index contributed by atoms with van der Waals surface area (Å²) < 4.78 is 0.960. The van der Waals surface area contributed by atoms with Crippen LogP contribution in [-0.2, 0) is 11.3 Å². The number of carbonyl (C=O) groups is 2. The highest BCUT2D eigenvalue weighted by Gasteiger charge is 2.31. The summed E-state index contributed by atoms with van der Waals surface area (Å²) in [5.41, 5.74) is 2.56. The lowest BCUT2D eigenvalue weighted by atomic mass is 10.1. The first kappa shape index (κ1) is 19.0. The van der Waals surface area contributed by atoms with E-state index in [-0.39, 0.29) is 24.3 Å². The molecule has 26 heavy (non-hydrogen) atoms. The Hall–Kier alpha value is -1.79. The minimum Gasteiger partial charge on any atom is -0.331 e. The highest BCUT2D eigenvalue weighted by Crippen LogP contribution is 2.29. The van der Waals surface area contributed by atoms with E-state index in [1.54, 1.807) is 16.7 Å². The third-order valence-corrected chi connectivity index (χ3v) is 5.82. The molecule has 1 aliphatic rings. The number of carbonyl (C=O) groups excluding carboxylic acids is 2. The third-order valence-electron chi connectivity index (χ3n) is 4.37. The molecule has 2 aromatic carbocycles. The number of amides is 2. The molecule has 0 bridgehead atoms. The van der Waals surface area contributed by atoms with Crippen LogP contribution in [0.1, 0.15) is 36.2 Å². The minimum absolute atomic E-state index is 0.00487. The summed E-state index contributed by atoms with van der Waals surface area (Å²) in [6, 6.07) is 13.3. The molecule has 0 radical (unpaired) electrons. The predicted molar refractivity (Wildman–Crippen MR) is 110 cm³/mol. The fourth-order valence-corrected chi connectivity index (χ4v) is 4.27. The second-order valence-corrected chi connectivity index (χ2v) is 8.49. The highest BCUT2D eigenvalue weighted by molar-refractivity contribution is 9.10. The molecule has 1 atom stereocenters. The molecule has 0 saturated heterocycles. The Kier molecular flexibility index (Phi) is 6.04. The molecule has 0 aliphatic carbocycles. The molecule has 2 aromatic rings. The van der Waals surface area contributed by atoms with Crippen molar-refractivity contribution < 1.29 is 9.59 Å². The van der Waals surface area contributed by atoms with E-state index in [9.17, 15) is 9.59 Å². The fraction of sp³-hybridized carbons (Fsp3) is 0.300. The molecule has 1 N–H and O–H groups in total. The van der Waals surface area contributed by atoms with E-state index in [0.29, 0.717) is 6.54 Å². The van der Waals surface area contributed by atoms with Crippen LogP contribution < -0.4 is 5.32 Å². The van der Waals surface area contributed by atoms with E-state index in [1.165, 1.54) is 0 Å². The van der Waals surface area contributed by atoms with Gasteiger partial charge in [-0.3, -0.25) is 9.59 Å². The van der Waals surface area contributed by atoms with Crippen LogP contribution in [0.3, 0.4) is 0 Å². The van der Waals surface area contributed by atoms with Crippen LogP contribution >= 0.6 is 27.7 Å². The number of thioether (sulfide) groups is 1. The fourth-order valence-electron chi connectivity index (χ4n) is 3.10. The molecule has 0 unspecified atom stereocenters. The van der Waals surface area contributed by atoms with Gasteiger partial charge < -0.3 is 10.2 Å². The maximum atomic E-state index is 12.6. The van der Waals surface area contributed by atoms with Crippen molar-refractivity contribution in [3.63, 3.8) is 0 Å². The van der Waals surface area contributed by atoms with Gasteiger partial charge in [0.25, 0.3) is 5.91 Å². The van der Waals surface area contributed by atoms with Gasteiger partial charge in [0.05, 0.1) is 5.69 Å². The van der Waals surface area contributed by atoms with Crippen molar-refractivity contribution in [1.82, 2.24) is 4.90 Å². The summed E-state index contributed by atoms with van der Waals surface area (Å²) in [7, 11) is 0. The Morgan fingerprint density at radius 3 is 2.85 bits per heavy atom. The molecule has 4 nitrogen and oxygen atoms in total. The quantitative estimate of drug-likeness (QED) is 0.657. The molecule has 0 saturated carbocycles. The van der Waals surface area contributed by atoms with E-state index < -0.39 is 0 Å². The Bertz CT molecular complexity index is 840. The number of nitrogens with one attached hydrogen (secondary N) is 1. The van der Waals surface area contributed by atoms with Gasteiger partial charge >= 0.3 is 0 Å². The Morgan fingerprint density at radius 2 is 2.08 bits per heavy atom. The second kappa shape index (κ2) is 8.27. The van der Waals surface area contributed by atoms with Gasteiger partial charge in [-0.05, 0) is 48.6 Å². The van der Waals surface area contributed by atoms with Crippen molar-refractivity contribution in [2.24, 2.45) is 0 Å². The van der Waals surface area contributed by atoms with Crippen LogP contribution in [0.2, 0.25) is 0 Å². The average Bonchev–Trinajstić information content (AvgIpc) is 2.93. The second-order valence-electron chi connectivity index (χ2n) is 6.27. The first-order valence-electron chi connectivity index (χ1n) is 8.60. The Balaban J connectivity index is 1.65. The number of hydrogen-bond acceptors (Lipinski definition) is 3. The minimum atomic E-state index is -0.167. The number of anilines is 1. The zero-order chi connectivity index (χ0) is 18.7. The van der Waals surface area contributed by atoms with Crippen molar-refractivity contribution >= 4 is 45.2 Å². The molecule has 1 aliphatic heterocycles. The number of fused-ring (bicyclic) bond motifs is 1. The van der Waals surface area contributed by atoms with Crippen molar-refractivity contribution in [3.8, 4) is 0 Å². The summed E-state index contributed by atoms with van der Waals surface area (Å²) in [6.07, 6.45) is 0.270. The zero-order valence-electron chi connectivity index (χ0n) is 14.8. The first-order chi connectivity index (χ1) is 12.5. The maximum absolute atomic E-state index is 12.6. The standard InChI is InChI=1S/C20H21BrN2O2S/c1-3-26-18-7-5-4-6-17(18)22-19(24)10-13(2)23-12-14-11-15(21)8-9-16(14)20(23)25/h4-9,11,13H,3,10,12H2,1-2H3,(H,22,24)/t13-/m1/s1. The number of benzene rings is 2. The third kappa shape index (κ3) is 4.13. The molecular weight excluding hydrogens is 412 g/mol. The van der Waals surface area contributed by atoms with Crippen LogP contribution in [0.4, 0.5) is 5.69 Å². The summed E-state index contributed by atoms with van der Waals surface area (Å²) in [5, 5.41) is 2.99. The molecule has 0 fully saturated rings. The monoisotopic (exact) mass is 432 g/mol. The summed E-state index contributed by atoms with van der Waals surface area (Å²) in [4.78, 5) is 27.9. The Labute approximate surface area is 166 Å². The number of para-hydroxylation sites is 1. The van der Waals surface area contributed by atoms with E-state index >= 15 is 0 Å². The van der Waals surface area contributed by atoms with E-state index in [0.717, 1.165) is 31.9 Å². The normalized spacial score (nSPS) is 14.3. The molecule has 3 rings (SSSR count). The van der Waals surface area contributed by atoms with Crippen LogP contribution in [0.15, 0.2) is 51.8 Å².